The molecule has 25 heavy (non-hydrogen) atoms. The number of aliphatic hydroxyl groups excluding tert-OH is 2. The number of amides is 3. The molecule has 0 aliphatic heterocycles. The molecule has 0 rings (SSSR count). The fraction of sp³-hybridized carbons (Fsp3) is 0.714. The highest BCUT2D eigenvalue weighted by atomic mass is 16.4. The number of hydrogen-bond acceptors (Lipinski definition) is 7. The van der Waals surface area contributed by atoms with Gasteiger partial charge in [0.2, 0.25) is 17.7 Å². The summed E-state index contributed by atoms with van der Waals surface area (Å²) in [6.07, 6.45) is -1.16. The van der Waals surface area contributed by atoms with Crippen LogP contribution < -0.4 is 21.7 Å². The Labute approximate surface area is 145 Å². The Balaban J connectivity index is 4.92. The molecule has 11 nitrogen and oxygen atoms in total. The monoisotopic (exact) mass is 362 g/mol. The molecule has 0 bridgehead atoms. The Kier molecular flexibility index (Phi) is 9.64. The number of carbonyl (C=O) groups excluding carboxylic acids is 3. The standard InChI is InChI=1S/C14H26N4O7/c1-6(2)11(14(25)16-4-9(21)22)18-12(23)8(5-19)17-13(24)10(15)7(3)20/h6-8,10-11,19-20H,4-5,15H2,1-3H3,(H,16,25)(H,17,24)(H,18,23)(H,21,22). The third-order valence-corrected chi connectivity index (χ3v) is 3.30. The van der Waals surface area contributed by atoms with E-state index in [0.29, 0.717) is 0 Å². The van der Waals surface area contributed by atoms with E-state index in [9.17, 15) is 29.4 Å². The minimum atomic E-state index is -1.38. The van der Waals surface area contributed by atoms with Gasteiger partial charge in [-0.1, -0.05) is 13.8 Å². The molecule has 0 saturated carbocycles. The highest BCUT2D eigenvalue weighted by Crippen LogP contribution is 2.03. The zero-order valence-corrected chi connectivity index (χ0v) is 14.4. The first-order valence-electron chi connectivity index (χ1n) is 7.66. The van der Waals surface area contributed by atoms with Gasteiger partial charge >= 0.3 is 5.97 Å². The number of carboxylic acid groups (broad SMARTS) is 1. The van der Waals surface area contributed by atoms with E-state index in [-0.39, 0.29) is 5.92 Å². The molecule has 144 valence electrons. The van der Waals surface area contributed by atoms with Crippen LogP contribution >= 0.6 is 0 Å². The van der Waals surface area contributed by atoms with Crippen LogP contribution in [0.1, 0.15) is 20.8 Å². The number of nitrogens with one attached hydrogen (secondary N) is 3. The Bertz CT molecular complexity index is 496. The maximum atomic E-state index is 12.2. The Morgan fingerprint density at radius 3 is 1.96 bits per heavy atom. The van der Waals surface area contributed by atoms with E-state index in [1.165, 1.54) is 6.92 Å². The van der Waals surface area contributed by atoms with Crippen molar-refractivity contribution < 1.29 is 34.5 Å². The summed E-state index contributed by atoms with van der Waals surface area (Å²) in [6.45, 7) is 3.18. The van der Waals surface area contributed by atoms with Gasteiger partial charge in [-0.15, -0.1) is 0 Å². The average molecular weight is 362 g/mol. The summed E-state index contributed by atoms with van der Waals surface area (Å²) in [5, 5.41) is 33.8. The summed E-state index contributed by atoms with van der Waals surface area (Å²) >= 11 is 0. The lowest BCUT2D eigenvalue weighted by molar-refractivity contribution is -0.139. The van der Waals surface area contributed by atoms with Crippen LogP contribution in [0.15, 0.2) is 0 Å². The van der Waals surface area contributed by atoms with Crippen LogP contribution in [0.3, 0.4) is 0 Å². The summed E-state index contributed by atoms with van der Waals surface area (Å²) in [6, 6.07) is -3.74. The molecular formula is C14H26N4O7. The van der Waals surface area contributed by atoms with Crippen molar-refractivity contribution in [3.05, 3.63) is 0 Å². The first kappa shape index (κ1) is 22.8. The van der Waals surface area contributed by atoms with Crippen LogP contribution in [-0.2, 0) is 19.2 Å². The van der Waals surface area contributed by atoms with Gasteiger partial charge in [-0.25, -0.2) is 0 Å². The Morgan fingerprint density at radius 1 is 1.00 bits per heavy atom. The summed E-state index contributed by atoms with van der Waals surface area (Å²) < 4.78 is 0. The second kappa shape index (κ2) is 10.6. The molecule has 4 atom stereocenters. The third-order valence-electron chi connectivity index (χ3n) is 3.30. The van der Waals surface area contributed by atoms with Crippen molar-refractivity contribution in [2.24, 2.45) is 11.7 Å². The van der Waals surface area contributed by atoms with Crippen molar-refractivity contribution in [1.82, 2.24) is 16.0 Å². The zero-order valence-electron chi connectivity index (χ0n) is 14.4. The molecule has 0 fully saturated rings. The number of nitrogens with two attached hydrogens (primary N) is 1. The molecule has 8 N–H and O–H groups in total. The van der Waals surface area contributed by atoms with Crippen molar-refractivity contribution >= 4 is 23.7 Å². The molecule has 0 saturated heterocycles. The quantitative estimate of drug-likeness (QED) is 0.208. The van der Waals surface area contributed by atoms with Crippen LogP contribution in [-0.4, -0.2) is 76.4 Å². The first-order chi connectivity index (χ1) is 11.5. The van der Waals surface area contributed by atoms with Gasteiger partial charge in [0.25, 0.3) is 0 Å². The maximum absolute atomic E-state index is 12.2. The topological polar surface area (TPSA) is 191 Å². The summed E-state index contributed by atoms with van der Waals surface area (Å²) in [5.41, 5.74) is 5.43. The molecule has 0 aliphatic rings. The molecule has 4 unspecified atom stereocenters. The van der Waals surface area contributed by atoms with Gasteiger partial charge in [0, 0.05) is 0 Å². The van der Waals surface area contributed by atoms with Crippen LogP contribution in [0.5, 0.6) is 0 Å². The second-order valence-electron chi connectivity index (χ2n) is 5.85. The lowest BCUT2D eigenvalue weighted by Crippen LogP contribution is -2.59. The van der Waals surface area contributed by atoms with Crippen molar-refractivity contribution in [3.8, 4) is 0 Å². The minimum absolute atomic E-state index is 0.382. The molecule has 0 spiro atoms. The zero-order chi connectivity index (χ0) is 19.7. The first-order valence-corrected chi connectivity index (χ1v) is 7.66. The second-order valence-corrected chi connectivity index (χ2v) is 5.85. The number of aliphatic hydroxyl groups is 2. The lowest BCUT2D eigenvalue weighted by Gasteiger charge is -2.25. The van der Waals surface area contributed by atoms with E-state index in [4.69, 9.17) is 10.8 Å². The minimum Gasteiger partial charge on any atom is -0.480 e. The van der Waals surface area contributed by atoms with Gasteiger partial charge in [0.1, 0.15) is 24.7 Å². The summed E-state index contributed by atoms with van der Waals surface area (Å²) in [4.78, 5) is 46.4. The van der Waals surface area contributed by atoms with E-state index in [1.54, 1.807) is 13.8 Å². The van der Waals surface area contributed by atoms with E-state index in [1.807, 2.05) is 0 Å². The number of aliphatic carboxylic acids is 1. The van der Waals surface area contributed by atoms with E-state index >= 15 is 0 Å². The predicted octanol–water partition coefficient (Wildman–Crippen LogP) is -3.49. The van der Waals surface area contributed by atoms with Gasteiger partial charge in [-0.3, -0.25) is 19.2 Å². The highest BCUT2D eigenvalue weighted by Gasteiger charge is 2.30. The fourth-order valence-corrected chi connectivity index (χ4v) is 1.74. The third kappa shape index (κ3) is 7.92. The van der Waals surface area contributed by atoms with Gasteiger partial charge in [-0.05, 0) is 12.8 Å². The maximum Gasteiger partial charge on any atom is 0.322 e. The van der Waals surface area contributed by atoms with Gasteiger partial charge in [0.05, 0.1) is 12.7 Å². The molecule has 0 radical (unpaired) electrons. The molecule has 0 aromatic rings. The van der Waals surface area contributed by atoms with E-state index in [2.05, 4.69) is 16.0 Å². The van der Waals surface area contributed by atoms with Crippen LogP contribution in [0, 0.1) is 5.92 Å². The number of carbonyl (C=O) groups is 4. The van der Waals surface area contributed by atoms with Crippen LogP contribution in [0.4, 0.5) is 0 Å². The van der Waals surface area contributed by atoms with Crippen molar-refractivity contribution in [1.29, 1.82) is 0 Å². The SMILES string of the molecule is CC(C)C(NC(=O)C(CO)NC(=O)C(N)C(C)O)C(=O)NCC(=O)O. The number of rotatable bonds is 10. The Morgan fingerprint density at radius 2 is 1.56 bits per heavy atom. The molecule has 0 heterocycles. The van der Waals surface area contributed by atoms with Crippen LogP contribution in [0.25, 0.3) is 0 Å². The molecule has 11 heteroatoms. The molecular weight excluding hydrogens is 336 g/mol. The highest BCUT2D eigenvalue weighted by molar-refractivity contribution is 5.93. The van der Waals surface area contributed by atoms with Gasteiger partial charge < -0.3 is 37.0 Å². The molecule has 0 aromatic heterocycles. The Hall–Kier alpha value is -2.24. The van der Waals surface area contributed by atoms with Crippen molar-refractivity contribution in [2.75, 3.05) is 13.2 Å². The molecule has 3 amide bonds. The summed E-state index contributed by atoms with van der Waals surface area (Å²) in [7, 11) is 0. The largest absolute Gasteiger partial charge is 0.480 e. The smallest absolute Gasteiger partial charge is 0.322 e. The molecule has 0 aromatic carbocycles. The normalized spacial score (nSPS) is 15.6. The summed E-state index contributed by atoms with van der Waals surface area (Å²) in [5.74, 6) is -4.03. The number of hydrogen-bond donors (Lipinski definition) is 7. The van der Waals surface area contributed by atoms with Gasteiger partial charge in [0.15, 0.2) is 0 Å². The van der Waals surface area contributed by atoms with E-state index < -0.39 is 61.1 Å². The van der Waals surface area contributed by atoms with E-state index in [0.717, 1.165) is 0 Å². The van der Waals surface area contributed by atoms with Crippen molar-refractivity contribution in [3.63, 3.8) is 0 Å². The van der Waals surface area contributed by atoms with Crippen LogP contribution in [0.2, 0.25) is 0 Å². The predicted molar refractivity (Wildman–Crippen MR) is 86.1 cm³/mol. The van der Waals surface area contributed by atoms with Crippen molar-refractivity contribution in [2.45, 2.75) is 45.0 Å². The average Bonchev–Trinajstić information content (AvgIpc) is 2.53. The number of carboxylic acids is 1. The molecule has 0 aliphatic carbocycles. The fourth-order valence-electron chi connectivity index (χ4n) is 1.74. The van der Waals surface area contributed by atoms with Gasteiger partial charge in [-0.2, -0.15) is 0 Å². The lowest BCUT2D eigenvalue weighted by atomic mass is 10.0.